The number of amides is 1. The van der Waals surface area contributed by atoms with Crippen LogP contribution >= 0.6 is 0 Å². The minimum Gasteiger partial charge on any atom is -0.508 e. The lowest BCUT2D eigenvalue weighted by molar-refractivity contribution is -0.133. The minimum absolute atomic E-state index is 0.0900. The van der Waals surface area contributed by atoms with Gasteiger partial charge in [0.25, 0.3) is 0 Å². The average molecular weight is 428 g/mol. The normalized spacial score (nSPS) is 19.2. The number of hydrogen-bond acceptors (Lipinski definition) is 5. The summed E-state index contributed by atoms with van der Waals surface area (Å²) in [5, 5.41) is 10.2. The second-order valence-electron chi connectivity index (χ2n) is 8.28. The van der Waals surface area contributed by atoms with E-state index in [0.717, 1.165) is 43.8 Å². The maximum Gasteiger partial charge on any atom is 0.236 e. The van der Waals surface area contributed by atoms with Crippen molar-refractivity contribution in [2.75, 3.05) is 50.8 Å². The molecule has 1 atom stereocenters. The van der Waals surface area contributed by atoms with Gasteiger partial charge in [-0.1, -0.05) is 18.2 Å². The largest absolute Gasteiger partial charge is 0.508 e. The summed E-state index contributed by atoms with van der Waals surface area (Å²) in [6, 6.07) is 13.8. The van der Waals surface area contributed by atoms with Crippen molar-refractivity contribution in [1.82, 2.24) is 9.80 Å². The van der Waals surface area contributed by atoms with Gasteiger partial charge in [0.15, 0.2) is 0 Å². The predicted molar refractivity (Wildman–Crippen MR) is 118 cm³/mol. The van der Waals surface area contributed by atoms with Crippen LogP contribution < -0.4 is 4.90 Å². The molecule has 0 saturated carbocycles. The summed E-state index contributed by atoms with van der Waals surface area (Å²) in [6.45, 7) is 4.98. The highest BCUT2D eigenvalue weighted by atomic mass is 19.1. The van der Waals surface area contributed by atoms with E-state index in [1.54, 1.807) is 24.3 Å². The summed E-state index contributed by atoms with van der Waals surface area (Å²) in [7, 11) is 0. The SMILES string of the molecule is O=C(CN(Cc1ccccc1O)CC1CCCO1)N1CCN(c2ccc(F)cc2)CC1. The summed E-state index contributed by atoms with van der Waals surface area (Å²) in [5.41, 5.74) is 1.79. The molecule has 166 valence electrons. The van der Waals surface area contributed by atoms with Crippen LogP contribution in [0.15, 0.2) is 48.5 Å². The van der Waals surface area contributed by atoms with Gasteiger partial charge in [-0.2, -0.15) is 0 Å². The number of aromatic hydroxyl groups is 1. The number of rotatable bonds is 7. The zero-order valence-corrected chi connectivity index (χ0v) is 17.8. The Morgan fingerprint density at radius 2 is 1.84 bits per heavy atom. The summed E-state index contributed by atoms with van der Waals surface area (Å²) in [6.07, 6.45) is 2.19. The number of carbonyl (C=O) groups excluding carboxylic acids is 1. The standard InChI is InChI=1S/C24H30FN3O3/c25-20-7-9-21(10-8-20)27-11-13-28(14-12-27)24(30)18-26(17-22-5-3-15-31-22)16-19-4-1-2-6-23(19)29/h1-2,4,6-10,22,29H,3,5,11-18H2. The Balaban J connectivity index is 1.35. The third kappa shape index (κ3) is 5.74. The predicted octanol–water partition coefficient (Wildman–Crippen LogP) is 2.86. The van der Waals surface area contributed by atoms with Gasteiger partial charge in [0, 0.05) is 57.1 Å². The van der Waals surface area contributed by atoms with E-state index >= 15 is 0 Å². The number of nitrogens with zero attached hydrogens (tertiary/aromatic N) is 3. The maximum absolute atomic E-state index is 13.2. The molecule has 31 heavy (non-hydrogen) atoms. The fourth-order valence-electron chi connectivity index (χ4n) is 4.30. The van der Waals surface area contributed by atoms with E-state index in [4.69, 9.17) is 4.74 Å². The molecule has 2 aromatic carbocycles. The van der Waals surface area contributed by atoms with E-state index in [1.165, 1.54) is 12.1 Å². The number of piperazine rings is 1. The molecule has 2 fully saturated rings. The fourth-order valence-corrected chi connectivity index (χ4v) is 4.30. The number of halogens is 1. The molecule has 0 radical (unpaired) electrons. The van der Waals surface area contributed by atoms with Crippen molar-refractivity contribution in [2.45, 2.75) is 25.5 Å². The van der Waals surface area contributed by atoms with Crippen LogP contribution in [0.4, 0.5) is 10.1 Å². The first-order valence-electron chi connectivity index (χ1n) is 11.0. The first kappa shape index (κ1) is 21.6. The molecule has 2 saturated heterocycles. The van der Waals surface area contributed by atoms with E-state index in [2.05, 4.69) is 9.80 Å². The molecule has 2 aliphatic heterocycles. The van der Waals surface area contributed by atoms with Gasteiger partial charge >= 0.3 is 0 Å². The number of benzene rings is 2. The highest BCUT2D eigenvalue weighted by molar-refractivity contribution is 5.78. The number of hydrogen-bond donors (Lipinski definition) is 1. The zero-order chi connectivity index (χ0) is 21.6. The molecular weight excluding hydrogens is 397 g/mol. The molecule has 1 amide bonds. The molecule has 0 spiro atoms. The van der Waals surface area contributed by atoms with Gasteiger partial charge in [0.2, 0.25) is 5.91 Å². The van der Waals surface area contributed by atoms with Crippen LogP contribution in [0.3, 0.4) is 0 Å². The number of phenols is 1. The van der Waals surface area contributed by atoms with Crippen molar-refractivity contribution in [1.29, 1.82) is 0 Å². The smallest absolute Gasteiger partial charge is 0.236 e. The number of phenolic OH excluding ortho intramolecular Hbond substituents is 1. The third-order valence-electron chi connectivity index (χ3n) is 6.05. The Bertz CT molecular complexity index is 863. The van der Waals surface area contributed by atoms with Crippen molar-refractivity contribution in [2.24, 2.45) is 0 Å². The van der Waals surface area contributed by atoms with Gasteiger partial charge in [0.1, 0.15) is 11.6 Å². The van der Waals surface area contributed by atoms with Gasteiger partial charge < -0.3 is 19.6 Å². The minimum atomic E-state index is -0.242. The summed E-state index contributed by atoms with van der Waals surface area (Å²) >= 11 is 0. The van der Waals surface area contributed by atoms with Gasteiger partial charge in [-0.3, -0.25) is 9.69 Å². The van der Waals surface area contributed by atoms with Crippen LogP contribution in [0.2, 0.25) is 0 Å². The van der Waals surface area contributed by atoms with E-state index < -0.39 is 0 Å². The topological polar surface area (TPSA) is 56.3 Å². The van der Waals surface area contributed by atoms with Crippen molar-refractivity contribution in [3.05, 3.63) is 59.9 Å². The quantitative estimate of drug-likeness (QED) is 0.737. The van der Waals surface area contributed by atoms with Crippen molar-refractivity contribution in [3.63, 3.8) is 0 Å². The molecular formula is C24H30FN3O3. The van der Waals surface area contributed by atoms with E-state index in [9.17, 15) is 14.3 Å². The number of anilines is 1. The third-order valence-corrected chi connectivity index (χ3v) is 6.05. The van der Waals surface area contributed by atoms with E-state index in [1.807, 2.05) is 17.0 Å². The summed E-state index contributed by atoms with van der Waals surface area (Å²) in [5.74, 6) is 0.0979. The van der Waals surface area contributed by atoms with Crippen LogP contribution in [-0.4, -0.2) is 72.8 Å². The van der Waals surface area contributed by atoms with Gasteiger partial charge in [-0.15, -0.1) is 0 Å². The highest BCUT2D eigenvalue weighted by Crippen LogP contribution is 2.21. The molecule has 0 bridgehead atoms. The number of para-hydroxylation sites is 1. The van der Waals surface area contributed by atoms with E-state index in [-0.39, 0.29) is 23.6 Å². The maximum atomic E-state index is 13.2. The Labute approximate surface area is 182 Å². The van der Waals surface area contributed by atoms with Gasteiger partial charge in [0.05, 0.1) is 12.6 Å². The summed E-state index contributed by atoms with van der Waals surface area (Å²) < 4.78 is 19.0. The zero-order valence-electron chi connectivity index (χ0n) is 17.8. The van der Waals surface area contributed by atoms with Gasteiger partial charge in [-0.05, 0) is 43.2 Å². The molecule has 1 unspecified atom stereocenters. The Morgan fingerprint density at radius 3 is 2.52 bits per heavy atom. The summed E-state index contributed by atoms with van der Waals surface area (Å²) in [4.78, 5) is 19.2. The highest BCUT2D eigenvalue weighted by Gasteiger charge is 2.26. The van der Waals surface area contributed by atoms with Crippen LogP contribution in [0.1, 0.15) is 18.4 Å². The van der Waals surface area contributed by atoms with Crippen LogP contribution in [0, 0.1) is 5.82 Å². The molecule has 2 aromatic rings. The molecule has 0 aliphatic carbocycles. The van der Waals surface area contributed by atoms with Crippen molar-refractivity contribution >= 4 is 11.6 Å². The lowest BCUT2D eigenvalue weighted by atomic mass is 10.1. The average Bonchev–Trinajstić information content (AvgIpc) is 3.29. The molecule has 6 nitrogen and oxygen atoms in total. The molecule has 1 N–H and O–H groups in total. The molecule has 4 rings (SSSR count). The molecule has 2 aliphatic rings. The Hall–Kier alpha value is -2.64. The van der Waals surface area contributed by atoms with Crippen molar-refractivity contribution in [3.8, 4) is 5.75 Å². The fraction of sp³-hybridized carbons (Fsp3) is 0.458. The second-order valence-corrected chi connectivity index (χ2v) is 8.28. The Kier molecular flexibility index (Phi) is 7.04. The molecule has 7 heteroatoms. The van der Waals surface area contributed by atoms with Crippen LogP contribution in [0.5, 0.6) is 5.75 Å². The second kappa shape index (κ2) is 10.1. The Morgan fingerprint density at radius 1 is 1.10 bits per heavy atom. The van der Waals surface area contributed by atoms with E-state index in [0.29, 0.717) is 32.7 Å². The van der Waals surface area contributed by atoms with Crippen molar-refractivity contribution < 1.29 is 19.0 Å². The first-order chi connectivity index (χ1) is 15.1. The monoisotopic (exact) mass is 427 g/mol. The number of ether oxygens (including phenoxy) is 1. The lowest BCUT2D eigenvalue weighted by Crippen LogP contribution is -2.51. The molecule has 2 heterocycles. The first-order valence-corrected chi connectivity index (χ1v) is 11.0. The van der Waals surface area contributed by atoms with Gasteiger partial charge in [-0.25, -0.2) is 4.39 Å². The van der Waals surface area contributed by atoms with Crippen LogP contribution in [-0.2, 0) is 16.1 Å². The molecule has 0 aromatic heterocycles. The van der Waals surface area contributed by atoms with Crippen LogP contribution in [0.25, 0.3) is 0 Å². The lowest BCUT2D eigenvalue weighted by Gasteiger charge is -2.37. The number of carbonyl (C=O) groups is 1.